The van der Waals surface area contributed by atoms with Gasteiger partial charge < -0.3 is 15.5 Å². The number of hydrogen-bond acceptors (Lipinski definition) is 4. The van der Waals surface area contributed by atoms with Gasteiger partial charge in [-0.15, -0.1) is 0 Å². The lowest BCUT2D eigenvalue weighted by Gasteiger charge is -2.39. The zero-order valence-corrected chi connectivity index (χ0v) is 14.4. The molecule has 1 aromatic carbocycles. The van der Waals surface area contributed by atoms with Crippen molar-refractivity contribution >= 4 is 16.8 Å². The summed E-state index contributed by atoms with van der Waals surface area (Å²) in [5, 5.41) is 0.587. The van der Waals surface area contributed by atoms with Gasteiger partial charge in [0.25, 0.3) is 5.91 Å². The fraction of sp³-hybridized carbons (Fsp3) is 0.474. The lowest BCUT2D eigenvalue weighted by Crippen LogP contribution is -2.56. The molecule has 1 aliphatic carbocycles. The quantitative estimate of drug-likeness (QED) is 0.926. The molecule has 2 fully saturated rings. The number of carbonyl (C=O) groups excluding carboxylic acids is 1. The van der Waals surface area contributed by atoms with Crippen molar-refractivity contribution in [2.24, 2.45) is 5.73 Å². The molecule has 1 saturated carbocycles. The number of nitrogens with zero attached hydrogens (tertiary/aromatic N) is 3. The normalized spacial score (nSPS) is 21.7. The molecule has 1 saturated heterocycles. The molecule has 1 amide bonds. The van der Waals surface area contributed by atoms with Crippen LogP contribution in [-0.2, 0) is 0 Å². The number of aromatic nitrogens is 1. The molecular weight excluding hydrogens is 319 g/mol. The maximum Gasteiger partial charge on any atom is 0.254 e. The van der Waals surface area contributed by atoms with Crippen LogP contribution in [0.2, 0.25) is 0 Å². The zero-order valence-electron chi connectivity index (χ0n) is 14.4. The van der Waals surface area contributed by atoms with Crippen molar-refractivity contribution in [1.29, 1.82) is 0 Å². The van der Waals surface area contributed by atoms with Crippen molar-refractivity contribution in [2.75, 3.05) is 33.2 Å². The van der Waals surface area contributed by atoms with Crippen LogP contribution in [0.25, 0.3) is 10.9 Å². The average molecular weight is 342 g/mol. The second kappa shape index (κ2) is 6.35. The molecule has 0 spiro atoms. The number of likely N-dealkylation sites (N-methyl/N-ethyl adjacent to an activating group) is 1. The molecule has 2 aliphatic rings. The number of benzene rings is 1. The Morgan fingerprint density at radius 3 is 2.84 bits per heavy atom. The number of carbonyl (C=O) groups is 1. The maximum atomic E-state index is 13.8. The van der Waals surface area contributed by atoms with Gasteiger partial charge in [-0.2, -0.15) is 0 Å². The highest BCUT2D eigenvalue weighted by molar-refractivity contribution is 6.06. The van der Waals surface area contributed by atoms with Crippen LogP contribution in [0, 0.1) is 5.82 Å². The summed E-state index contributed by atoms with van der Waals surface area (Å²) in [5.74, 6) is 0.0125. The molecule has 132 valence electrons. The summed E-state index contributed by atoms with van der Waals surface area (Å²) in [7, 11) is 2.03. The van der Waals surface area contributed by atoms with E-state index in [2.05, 4.69) is 9.88 Å². The second-order valence-corrected chi connectivity index (χ2v) is 7.18. The van der Waals surface area contributed by atoms with E-state index in [9.17, 15) is 9.18 Å². The summed E-state index contributed by atoms with van der Waals surface area (Å²) in [5.41, 5.74) is 8.09. The van der Waals surface area contributed by atoms with Crippen LogP contribution in [0.4, 0.5) is 4.39 Å². The van der Waals surface area contributed by atoms with Crippen LogP contribution in [0.1, 0.15) is 34.8 Å². The highest BCUT2D eigenvalue weighted by Crippen LogP contribution is 2.40. The number of hydrogen-bond donors (Lipinski definition) is 1. The van der Waals surface area contributed by atoms with Crippen molar-refractivity contribution in [3.63, 3.8) is 0 Å². The standard InChI is InChI=1S/C19H23FN4O/c1-23-6-7-24(14(10-21)11-23)19(25)16-9-18(12-2-3-12)22-17-5-4-13(20)8-15(16)17/h4-5,8-9,12,14H,2-3,6-7,10-11,21H2,1H3. The first kappa shape index (κ1) is 16.4. The van der Waals surface area contributed by atoms with Crippen molar-refractivity contribution in [3.05, 3.63) is 41.3 Å². The Hall–Kier alpha value is -2.05. The number of rotatable bonds is 3. The predicted octanol–water partition coefficient (Wildman–Crippen LogP) is 1.97. The van der Waals surface area contributed by atoms with Crippen LogP contribution >= 0.6 is 0 Å². The molecule has 4 rings (SSSR count). The van der Waals surface area contributed by atoms with Gasteiger partial charge in [-0.25, -0.2) is 4.39 Å². The summed E-state index contributed by atoms with van der Waals surface area (Å²) in [6.07, 6.45) is 2.21. The van der Waals surface area contributed by atoms with E-state index >= 15 is 0 Å². The van der Waals surface area contributed by atoms with E-state index in [0.29, 0.717) is 35.5 Å². The first-order valence-electron chi connectivity index (χ1n) is 8.86. The monoisotopic (exact) mass is 342 g/mol. The molecule has 1 aliphatic heterocycles. The van der Waals surface area contributed by atoms with Crippen molar-refractivity contribution in [3.8, 4) is 0 Å². The van der Waals surface area contributed by atoms with Gasteiger partial charge in [-0.3, -0.25) is 9.78 Å². The molecule has 1 atom stereocenters. The maximum absolute atomic E-state index is 13.8. The van der Waals surface area contributed by atoms with E-state index < -0.39 is 0 Å². The Balaban J connectivity index is 1.78. The molecule has 2 aromatic rings. The molecule has 6 heteroatoms. The minimum absolute atomic E-state index is 0.0209. The van der Waals surface area contributed by atoms with Gasteiger partial charge in [0.1, 0.15) is 5.82 Å². The van der Waals surface area contributed by atoms with Crippen LogP contribution in [0.3, 0.4) is 0 Å². The Labute approximate surface area is 146 Å². The number of amides is 1. The van der Waals surface area contributed by atoms with Crippen molar-refractivity contribution in [1.82, 2.24) is 14.8 Å². The summed E-state index contributed by atoms with van der Waals surface area (Å²) in [6, 6.07) is 6.33. The Kier molecular flexibility index (Phi) is 4.17. The van der Waals surface area contributed by atoms with Gasteiger partial charge in [0.15, 0.2) is 0 Å². The predicted molar refractivity (Wildman–Crippen MR) is 95.1 cm³/mol. The number of halogens is 1. The van der Waals surface area contributed by atoms with Gasteiger partial charge in [0, 0.05) is 43.2 Å². The Morgan fingerprint density at radius 1 is 1.32 bits per heavy atom. The van der Waals surface area contributed by atoms with E-state index in [0.717, 1.165) is 31.6 Å². The molecule has 5 nitrogen and oxygen atoms in total. The SMILES string of the molecule is CN1CCN(C(=O)c2cc(C3CC3)nc3ccc(F)cc23)C(CN)C1. The minimum Gasteiger partial charge on any atom is -0.332 e. The molecule has 2 N–H and O–H groups in total. The van der Waals surface area contributed by atoms with Gasteiger partial charge in [0.2, 0.25) is 0 Å². The Morgan fingerprint density at radius 2 is 2.12 bits per heavy atom. The first-order valence-corrected chi connectivity index (χ1v) is 8.86. The molecule has 2 heterocycles. The fourth-order valence-corrected chi connectivity index (χ4v) is 3.62. The third kappa shape index (κ3) is 3.12. The van der Waals surface area contributed by atoms with Gasteiger partial charge >= 0.3 is 0 Å². The van der Waals surface area contributed by atoms with Crippen LogP contribution in [-0.4, -0.2) is 60.0 Å². The zero-order chi connectivity index (χ0) is 17.6. The summed E-state index contributed by atoms with van der Waals surface area (Å²) in [6.45, 7) is 2.63. The molecule has 0 bridgehead atoms. The van der Waals surface area contributed by atoms with E-state index in [1.54, 1.807) is 6.07 Å². The second-order valence-electron chi connectivity index (χ2n) is 7.18. The summed E-state index contributed by atoms with van der Waals surface area (Å²) >= 11 is 0. The molecule has 1 aromatic heterocycles. The lowest BCUT2D eigenvalue weighted by molar-refractivity contribution is 0.0518. The summed E-state index contributed by atoms with van der Waals surface area (Å²) in [4.78, 5) is 22.0. The number of pyridine rings is 1. The third-order valence-corrected chi connectivity index (χ3v) is 5.24. The topological polar surface area (TPSA) is 62.5 Å². The number of fused-ring (bicyclic) bond motifs is 1. The molecule has 25 heavy (non-hydrogen) atoms. The average Bonchev–Trinajstić information content (AvgIpc) is 3.45. The largest absolute Gasteiger partial charge is 0.332 e. The van der Waals surface area contributed by atoms with Crippen LogP contribution in [0.15, 0.2) is 24.3 Å². The van der Waals surface area contributed by atoms with Crippen LogP contribution < -0.4 is 5.73 Å². The number of nitrogens with two attached hydrogens (primary N) is 1. The minimum atomic E-state index is -0.351. The van der Waals surface area contributed by atoms with Crippen molar-refractivity contribution < 1.29 is 9.18 Å². The van der Waals surface area contributed by atoms with E-state index in [1.165, 1.54) is 12.1 Å². The van der Waals surface area contributed by atoms with E-state index in [-0.39, 0.29) is 17.8 Å². The smallest absolute Gasteiger partial charge is 0.254 e. The van der Waals surface area contributed by atoms with Crippen LogP contribution in [0.5, 0.6) is 0 Å². The van der Waals surface area contributed by atoms with Crippen molar-refractivity contribution in [2.45, 2.75) is 24.8 Å². The van der Waals surface area contributed by atoms with Gasteiger partial charge in [-0.05, 0) is 44.2 Å². The fourth-order valence-electron chi connectivity index (χ4n) is 3.62. The van der Waals surface area contributed by atoms with Gasteiger partial charge in [-0.1, -0.05) is 0 Å². The molecular formula is C19H23FN4O. The Bertz CT molecular complexity index is 820. The molecule has 1 unspecified atom stereocenters. The third-order valence-electron chi connectivity index (χ3n) is 5.24. The molecule has 0 radical (unpaired) electrons. The highest BCUT2D eigenvalue weighted by atomic mass is 19.1. The summed E-state index contributed by atoms with van der Waals surface area (Å²) < 4.78 is 13.8. The van der Waals surface area contributed by atoms with Gasteiger partial charge in [0.05, 0.1) is 17.1 Å². The lowest BCUT2D eigenvalue weighted by atomic mass is 10.0. The first-order chi connectivity index (χ1) is 12.1. The number of piperazine rings is 1. The van der Waals surface area contributed by atoms with E-state index in [4.69, 9.17) is 5.73 Å². The van der Waals surface area contributed by atoms with E-state index in [1.807, 2.05) is 18.0 Å². The highest BCUT2D eigenvalue weighted by Gasteiger charge is 2.32.